The third-order valence-corrected chi connectivity index (χ3v) is 3.47. The molecule has 130 valence electrons. The van der Waals surface area contributed by atoms with Crippen LogP contribution in [0, 0.1) is 0 Å². The molecule has 0 amide bonds. The predicted octanol–water partition coefficient (Wildman–Crippen LogP) is 4.33. The van der Waals surface area contributed by atoms with Crippen LogP contribution >= 0.6 is 0 Å². The maximum atomic E-state index is 5.67. The predicted molar refractivity (Wildman–Crippen MR) is 110 cm³/mol. The molecule has 1 aromatic rings. The van der Waals surface area contributed by atoms with Crippen molar-refractivity contribution >= 4 is 5.57 Å². The second-order valence-corrected chi connectivity index (χ2v) is 5.36. The lowest BCUT2D eigenvalue weighted by Crippen LogP contribution is -2.10. The highest BCUT2D eigenvalue weighted by atomic mass is 14.8. The normalized spacial score (nSPS) is 14.0. The highest BCUT2D eigenvalue weighted by Crippen LogP contribution is 2.20. The third kappa shape index (κ3) is 7.02. The van der Waals surface area contributed by atoms with Crippen molar-refractivity contribution in [1.29, 1.82) is 0 Å². The fourth-order valence-corrected chi connectivity index (χ4v) is 2.17. The number of aromatic nitrogens is 1. The molecule has 0 aliphatic carbocycles. The van der Waals surface area contributed by atoms with Gasteiger partial charge in [-0.05, 0) is 55.1 Å². The van der Waals surface area contributed by atoms with Gasteiger partial charge in [0.25, 0.3) is 0 Å². The molecule has 0 spiro atoms. The Morgan fingerprint density at radius 2 is 2.04 bits per heavy atom. The molecule has 0 bridgehead atoms. The second kappa shape index (κ2) is 11.6. The minimum atomic E-state index is 0.700. The highest BCUT2D eigenvalue weighted by molar-refractivity contribution is 5.76. The molecule has 0 aliphatic heterocycles. The van der Waals surface area contributed by atoms with Crippen LogP contribution in [0.5, 0.6) is 0 Å². The van der Waals surface area contributed by atoms with Gasteiger partial charge in [0, 0.05) is 18.3 Å². The SMILES string of the molecule is C=C\C=C/C(C)=C(\C=C/C(C=C)=C/C(=C/N)CNC)c1ccccn1. The molecule has 0 atom stereocenters. The summed E-state index contributed by atoms with van der Waals surface area (Å²) < 4.78 is 0. The van der Waals surface area contributed by atoms with Crippen molar-refractivity contribution in [3.05, 3.63) is 109 Å². The van der Waals surface area contributed by atoms with E-state index in [1.54, 1.807) is 24.5 Å². The van der Waals surface area contributed by atoms with Crippen molar-refractivity contribution in [3.63, 3.8) is 0 Å². The molecule has 0 aromatic carbocycles. The average Bonchev–Trinajstić information content (AvgIpc) is 2.65. The molecule has 0 radical (unpaired) electrons. The Balaban J connectivity index is 3.26. The van der Waals surface area contributed by atoms with Crippen LogP contribution in [0.3, 0.4) is 0 Å². The summed E-state index contributed by atoms with van der Waals surface area (Å²) in [7, 11) is 1.89. The summed E-state index contributed by atoms with van der Waals surface area (Å²) in [5.74, 6) is 0. The standard InChI is InChI=1S/C22H27N3/c1-5-7-10-18(3)21(22-11-8-9-14-25-22)13-12-19(6-2)15-20(16-23)17-24-4/h5-16,24H,1-2,17,23H2,3-4H3/b10-7-,13-12-,19-15+,20-16-,21-18+. The first-order chi connectivity index (χ1) is 12.2. The molecule has 0 fully saturated rings. The summed E-state index contributed by atoms with van der Waals surface area (Å²) in [6.45, 7) is 10.4. The zero-order valence-corrected chi connectivity index (χ0v) is 15.1. The number of hydrogen-bond acceptors (Lipinski definition) is 3. The van der Waals surface area contributed by atoms with Gasteiger partial charge >= 0.3 is 0 Å². The molecular formula is C22H27N3. The lowest BCUT2D eigenvalue weighted by Gasteiger charge is -2.06. The minimum absolute atomic E-state index is 0.700. The van der Waals surface area contributed by atoms with Crippen molar-refractivity contribution < 1.29 is 0 Å². The van der Waals surface area contributed by atoms with E-state index in [1.165, 1.54) is 0 Å². The smallest absolute Gasteiger partial charge is 0.0704 e. The van der Waals surface area contributed by atoms with Gasteiger partial charge < -0.3 is 11.1 Å². The number of rotatable bonds is 9. The van der Waals surface area contributed by atoms with E-state index in [9.17, 15) is 0 Å². The fourth-order valence-electron chi connectivity index (χ4n) is 2.17. The molecule has 3 nitrogen and oxygen atoms in total. The molecule has 0 saturated carbocycles. The lowest BCUT2D eigenvalue weighted by molar-refractivity contribution is 0.892. The maximum absolute atomic E-state index is 5.67. The van der Waals surface area contributed by atoms with Crippen molar-refractivity contribution in [1.82, 2.24) is 10.3 Å². The van der Waals surface area contributed by atoms with Crippen LogP contribution in [0.15, 0.2) is 103 Å². The van der Waals surface area contributed by atoms with Crippen molar-refractivity contribution in [3.8, 4) is 0 Å². The van der Waals surface area contributed by atoms with E-state index in [0.717, 1.165) is 28.0 Å². The Kier molecular flexibility index (Phi) is 9.34. The van der Waals surface area contributed by atoms with E-state index in [-0.39, 0.29) is 0 Å². The van der Waals surface area contributed by atoms with Gasteiger partial charge in [-0.1, -0.05) is 55.7 Å². The first-order valence-corrected chi connectivity index (χ1v) is 8.15. The molecule has 25 heavy (non-hydrogen) atoms. The van der Waals surface area contributed by atoms with Gasteiger partial charge in [0.2, 0.25) is 0 Å². The summed E-state index contributed by atoms with van der Waals surface area (Å²) in [6.07, 6.45) is 17.0. The van der Waals surface area contributed by atoms with Crippen LogP contribution in [-0.4, -0.2) is 18.6 Å². The summed E-state index contributed by atoms with van der Waals surface area (Å²) in [5.41, 5.74) is 10.7. The molecule has 3 heteroatoms. The van der Waals surface area contributed by atoms with E-state index in [4.69, 9.17) is 5.73 Å². The maximum Gasteiger partial charge on any atom is 0.0704 e. The molecule has 1 aromatic heterocycles. The van der Waals surface area contributed by atoms with Gasteiger partial charge in [-0.3, -0.25) is 4.98 Å². The number of nitrogens with zero attached hydrogens (tertiary/aromatic N) is 1. The average molecular weight is 333 g/mol. The van der Waals surface area contributed by atoms with Gasteiger partial charge in [-0.15, -0.1) is 0 Å². The zero-order chi connectivity index (χ0) is 18.5. The van der Waals surface area contributed by atoms with Crippen LogP contribution in [0.2, 0.25) is 0 Å². The zero-order valence-electron chi connectivity index (χ0n) is 15.1. The van der Waals surface area contributed by atoms with Crippen molar-refractivity contribution in [2.45, 2.75) is 6.92 Å². The monoisotopic (exact) mass is 333 g/mol. The van der Waals surface area contributed by atoms with Gasteiger partial charge in [0.1, 0.15) is 0 Å². The number of nitrogens with one attached hydrogen (secondary N) is 1. The first-order valence-electron chi connectivity index (χ1n) is 8.15. The minimum Gasteiger partial charge on any atom is -0.404 e. The largest absolute Gasteiger partial charge is 0.404 e. The summed E-state index contributed by atoms with van der Waals surface area (Å²) in [4.78, 5) is 4.46. The van der Waals surface area contributed by atoms with Gasteiger partial charge in [-0.25, -0.2) is 0 Å². The quantitative estimate of drug-likeness (QED) is 0.661. The van der Waals surface area contributed by atoms with Crippen LogP contribution < -0.4 is 11.1 Å². The molecule has 0 saturated heterocycles. The van der Waals surface area contributed by atoms with Gasteiger partial charge in [0.05, 0.1) is 5.69 Å². The Hall–Kier alpha value is -2.91. The van der Waals surface area contributed by atoms with Gasteiger partial charge in [0.15, 0.2) is 0 Å². The van der Waals surface area contributed by atoms with E-state index in [1.807, 2.05) is 55.6 Å². The summed E-state index contributed by atoms with van der Waals surface area (Å²) in [5, 5.41) is 3.09. The number of nitrogens with two attached hydrogens (primary N) is 1. The van der Waals surface area contributed by atoms with Crippen LogP contribution in [0.1, 0.15) is 12.6 Å². The molecular weight excluding hydrogens is 306 g/mol. The van der Waals surface area contributed by atoms with E-state index < -0.39 is 0 Å². The third-order valence-electron chi connectivity index (χ3n) is 3.47. The Bertz CT molecular complexity index is 717. The molecule has 0 unspecified atom stereocenters. The fraction of sp³-hybridized carbons (Fsp3) is 0.136. The Morgan fingerprint density at radius 3 is 2.60 bits per heavy atom. The van der Waals surface area contributed by atoms with E-state index >= 15 is 0 Å². The summed E-state index contributed by atoms with van der Waals surface area (Å²) >= 11 is 0. The number of pyridine rings is 1. The molecule has 3 N–H and O–H groups in total. The topological polar surface area (TPSA) is 50.9 Å². The lowest BCUT2D eigenvalue weighted by atomic mass is 10.0. The van der Waals surface area contributed by atoms with Gasteiger partial charge in [-0.2, -0.15) is 0 Å². The molecule has 1 rings (SSSR count). The molecule has 0 aliphatic rings. The van der Waals surface area contributed by atoms with Crippen LogP contribution in [0.25, 0.3) is 5.57 Å². The van der Waals surface area contributed by atoms with Crippen LogP contribution in [0.4, 0.5) is 0 Å². The number of hydrogen-bond donors (Lipinski definition) is 2. The molecule has 1 heterocycles. The highest BCUT2D eigenvalue weighted by Gasteiger charge is 2.02. The second-order valence-electron chi connectivity index (χ2n) is 5.36. The number of allylic oxidation sites excluding steroid dienone is 9. The van der Waals surface area contributed by atoms with E-state index in [2.05, 4.69) is 30.4 Å². The van der Waals surface area contributed by atoms with Crippen molar-refractivity contribution in [2.24, 2.45) is 5.73 Å². The van der Waals surface area contributed by atoms with Crippen LogP contribution in [-0.2, 0) is 0 Å². The summed E-state index contributed by atoms with van der Waals surface area (Å²) in [6, 6.07) is 5.88. The number of likely N-dealkylation sites (N-methyl/N-ethyl adjacent to an activating group) is 1. The van der Waals surface area contributed by atoms with Crippen molar-refractivity contribution in [2.75, 3.05) is 13.6 Å². The Labute approximate surface area is 151 Å². The van der Waals surface area contributed by atoms with E-state index in [0.29, 0.717) is 6.54 Å². The Morgan fingerprint density at radius 1 is 1.24 bits per heavy atom. The first kappa shape index (κ1) is 20.1.